The lowest BCUT2D eigenvalue weighted by molar-refractivity contribution is -0.665. The van der Waals surface area contributed by atoms with Gasteiger partial charge in [-0.3, -0.25) is 0 Å². The molecule has 0 unspecified atom stereocenters. The molecule has 2 aromatic carbocycles. The number of hydrogen-bond acceptors (Lipinski definition) is 5. The molecule has 5 nitrogen and oxygen atoms in total. The molecule has 1 aliphatic rings. The summed E-state index contributed by atoms with van der Waals surface area (Å²) in [6.45, 7) is 12.0. The summed E-state index contributed by atoms with van der Waals surface area (Å²) in [7, 11) is -2.54. The summed E-state index contributed by atoms with van der Waals surface area (Å²) in [5, 5.41) is 1.33. The van der Waals surface area contributed by atoms with E-state index in [2.05, 4.69) is 56.5 Å². The quantitative estimate of drug-likeness (QED) is 0.313. The van der Waals surface area contributed by atoms with Crippen molar-refractivity contribution in [3.8, 4) is 5.75 Å². The SMILES string of the molecule is CC[n+]1c(/C=C2/C=C(C)CC(C)(C)C2)sc2ccc(OC)cc21.Cc1ccc(S(=O)(=O)[O-])cc1. The molecular formula is C27H33NO4S2. The van der Waals surface area contributed by atoms with E-state index in [4.69, 9.17) is 4.74 Å². The second-order valence-corrected chi connectivity index (χ2v) is 12.0. The van der Waals surface area contributed by atoms with Crippen molar-refractivity contribution in [1.82, 2.24) is 0 Å². The van der Waals surface area contributed by atoms with Crippen LogP contribution in [0.15, 0.2) is 64.6 Å². The number of rotatable bonds is 4. The summed E-state index contributed by atoms with van der Waals surface area (Å²) in [6.07, 6.45) is 7.09. The molecule has 1 heterocycles. The van der Waals surface area contributed by atoms with Gasteiger partial charge in [0.25, 0.3) is 5.01 Å². The van der Waals surface area contributed by atoms with Gasteiger partial charge in [-0.25, -0.2) is 8.42 Å². The zero-order valence-electron chi connectivity index (χ0n) is 20.7. The first-order valence-electron chi connectivity index (χ1n) is 11.3. The number of thiazole rings is 1. The minimum Gasteiger partial charge on any atom is -0.744 e. The fourth-order valence-corrected chi connectivity index (χ4v) is 6.04. The molecule has 0 fully saturated rings. The fourth-order valence-electron chi connectivity index (χ4n) is 4.39. The molecule has 1 aromatic heterocycles. The van der Waals surface area contributed by atoms with Crippen LogP contribution < -0.4 is 9.30 Å². The highest BCUT2D eigenvalue weighted by atomic mass is 32.2. The van der Waals surface area contributed by atoms with Crippen LogP contribution >= 0.6 is 11.3 Å². The van der Waals surface area contributed by atoms with Gasteiger partial charge in [-0.15, -0.1) is 0 Å². The third-order valence-corrected chi connectivity index (χ3v) is 7.71. The van der Waals surface area contributed by atoms with Crippen LogP contribution in [-0.4, -0.2) is 20.1 Å². The molecule has 1 aliphatic carbocycles. The molecule has 34 heavy (non-hydrogen) atoms. The summed E-state index contributed by atoms with van der Waals surface area (Å²) in [4.78, 5) is -0.178. The predicted molar refractivity (Wildman–Crippen MR) is 138 cm³/mol. The number of hydrogen-bond donors (Lipinski definition) is 0. The molecule has 0 radical (unpaired) electrons. The first kappa shape index (κ1) is 26.1. The van der Waals surface area contributed by atoms with E-state index in [0.29, 0.717) is 5.41 Å². The van der Waals surface area contributed by atoms with Crippen LogP contribution in [0.5, 0.6) is 5.75 Å². The number of ether oxygens (including phenoxy) is 1. The number of allylic oxidation sites excluding steroid dienone is 3. The molecule has 0 bridgehead atoms. The fraction of sp³-hybridized carbons (Fsp3) is 0.370. The van der Waals surface area contributed by atoms with E-state index in [-0.39, 0.29) is 4.90 Å². The lowest BCUT2D eigenvalue weighted by Crippen LogP contribution is -2.33. The average molecular weight is 500 g/mol. The van der Waals surface area contributed by atoms with Crippen LogP contribution in [0.3, 0.4) is 0 Å². The van der Waals surface area contributed by atoms with Crippen molar-refractivity contribution >= 4 is 37.7 Å². The van der Waals surface area contributed by atoms with E-state index in [1.807, 2.05) is 24.3 Å². The minimum atomic E-state index is -4.27. The molecular weight excluding hydrogens is 466 g/mol. The Hall–Kier alpha value is -2.48. The van der Waals surface area contributed by atoms with Crippen molar-refractivity contribution in [2.45, 2.75) is 58.9 Å². The van der Waals surface area contributed by atoms with Crippen molar-refractivity contribution in [2.24, 2.45) is 5.41 Å². The van der Waals surface area contributed by atoms with Crippen LogP contribution in [0.1, 0.15) is 51.1 Å². The molecule has 0 amide bonds. The number of aromatic nitrogens is 1. The van der Waals surface area contributed by atoms with E-state index < -0.39 is 10.1 Å². The van der Waals surface area contributed by atoms with Gasteiger partial charge in [0.2, 0.25) is 5.52 Å². The highest BCUT2D eigenvalue weighted by Crippen LogP contribution is 2.38. The van der Waals surface area contributed by atoms with Gasteiger partial charge in [0.1, 0.15) is 27.1 Å². The van der Waals surface area contributed by atoms with Crippen LogP contribution in [-0.2, 0) is 16.7 Å². The van der Waals surface area contributed by atoms with E-state index in [9.17, 15) is 13.0 Å². The molecule has 0 aliphatic heterocycles. The third kappa shape index (κ3) is 6.56. The standard InChI is InChI=1S/C20H26NOS.C7H8O3S/c1-6-21-17-11-16(22-5)7-8-18(17)23-19(21)10-15-9-14(2)12-20(3,4)13-15;1-6-2-4-7(5-3-6)11(8,9)10/h7-11H,6,12-13H2,1-5H3;2-5H,1H3,(H,8,9,10)/q+1;/p-1/b15-10-;. The highest BCUT2D eigenvalue weighted by Gasteiger charge is 2.25. The zero-order valence-corrected chi connectivity index (χ0v) is 22.3. The number of fused-ring (bicyclic) bond motifs is 1. The highest BCUT2D eigenvalue weighted by molar-refractivity contribution is 7.85. The van der Waals surface area contributed by atoms with E-state index in [1.165, 1.54) is 44.9 Å². The van der Waals surface area contributed by atoms with Crippen LogP contribution in [0, 0.1) is 12.3 Å². The topological polar surface area (TPSA) is 70.3 Å². The number of methoxy groups -OCH3 is 1. The van der Waals surface area contributed by atoms with Crippen molar-refractivity contribution in [3.05, 3.63) is 70.3 Å². The van der Waals surface area contributed by atoms with Crippen molar-refractivity contribution in [3.63, 3.8) is 0 Å². The summed E-state index contributed by atoms with van der Waals surface area (Å²) < 4.78 is 40.3. The molecule has 0 saturated heterocycles. The lowest BCUT2D eigenvalue weighted by atomic mass is 9.75. The Morgan fingerprint density at radius 3 is 2.35 bits per heavy atom. The van der Waals surface area contributed by atoms with Gasteiger partial charge < -0.3 is 9.29 Å². The molecule has 0 atom stereocenters. The van der Waals surface area contributed by atoms with Crippen molar-refractivity contribution in [2.75, 3.05) is 7.11 Å². The second kappa shape index (κ2) is 10.4. The van der Waals surface area contributed by atoms with Gasteiger partial charge in [-0.2, -0.15) is 4.57 Å². The molecule has 0 N–H and O–H groups in total. The Balaban J connectivity index is 0.000000248. The smallest absolute Gasteiger partial charge is 0.263 e. The first-order chi connectivity index (χ1) is 15.9. The number of benzene rings is 2. The molecule has 182 valence electrons. The second-order valence-electron chi connectivity index (χ2n) is 9.51. The average Bonchev–Trinajstić information content (AvgIpc) is 3.08. The third-order valence-electron chi connectivity index (χ3n) is 5.74. The van der Waals surface area contributed by atoms with E-state index in [1.54, 1.807) is 19.2 Å². The van der Waals surface area contributed by atoms with Crippen LogP contribution in [0.25, 0.3) is 16.3 Å². The summed E-state index contributed by atoms with van der Waals surface area (Å²) in [6, 6.07) is 12.1. The molecule has 4 rings (SSSR count). The molecule has 3 aromatic rings. The van der Waals surface area contributed by atoms with Gasteiger partial charge in [0.05, 0.1) is 18.1 Å². The van der Waals surface area contributed by atoms with Crippen LogP contribution in [0.2, 0.25) is 0 Å². The number of aryl methyl sites for hydroxylation is 2. The van der Waals surface area contributed by atoms with Gasteiger partial charge in [-0.05, 0) is 68.9 Å². The van der Waals surface area contributed by atoms with Crippen molar-refractivity contribution < 1.29 is 22.3 Å². The Labute approximate surface area is 207 Å². The Morgan fingerprint density at radius 2 is 1.79 bits per heavy atom. The monoisotopic (exact) mass is 499 g/mol. The van der Waals surface area contributed by atoms with E-state index in [0.717, 1.165) is 24.3 Å². The summed E-state index contributed by atoms with van der Waals surface area (Å²) in [5.74, 6) is 0.922. The maximum absolute atomic E-state index is 10.4. The maximum atomic E-state index is 10.4. The van der Waals surface area contributed by atoms with Crippen molar-refractivity contribution in [1.29, 1.82) is 0 Å². The normalized spacial score (nSPS) is 16.7. The molecule has 0 spiro atoms. The van der Waals surface area contributed by atoms with Gasteiger partial charge in [-0.1, -0.05) is 54.5 Å². The Morgan fingerprint density at radius 1 is 1.12 bits per heavy atom. The Bertz CT molecular complexity index is 1330. The largest absolute Gasteiger partial charge is 0.744 e. The number of nitrogens with zero attached hydrogens (tertiary/aromatic N) is 1. The Kier molecular flexibility index (Phi) is 8.01. The van der Waals surface area contributed by atoms with Crippen LogP contribution in [0.4, 0.5) is 0 Å². The molecule has 7 heteroatoms. The molecule has 0 saturated carbocycles. The van der Waals surface area contributed by atoms with Gasteiger partial charge in [0, 0.05) is 6.08 Å². The van der Waals surface area contributed by atoms with Gasteiger partial charge in [0.15, 0.2) is 0 Å². The minimum absolute atomic E-state index is 0.178. The maximum Gasteiger partial charge on any atom is 0.263 e. The summed E-state index contributed by atoms with van der Waals surface area (Å²) in [5.41, 5.74) is 5.48. The lowest BCUT2D eigenvalue weighted by Gasteiger charge is -2.29. The first-order valence-corrected chi connectivity index (χ1v) is 13.5. The predicted octanol–water partition coefficient (Wildman–Crippen LogP) is 6.27. The van der Waals surface area contributed by atoms with E-state index >= 15 is 0 Å². The van der Waals surface area contributed by atoms with Gasteiger partial charge >= 0.3 is 0 Å². The zero-order chi connectivity index (χ0) is 25.1. The summed E-state index contributed by atoms with van der Waals surface area (Å²) >= 11 is 1.86.